The number of piperidine rings is 1. The lowest BCUT2D eigenvalue weighted by atomic mass is 9.98. The van der Waals surface area contributed by atoms with Crippen molar-refractivity contribution in [3.8, 4) is 0 Å². The van der Waals surface area contributed by atoms with Crippen molar-refractivity contribution >= 4 is 17.5 Å². The van der Waals surface area contributed by atoms with Crippen LogP contribution < -0.4 is 0 Å². The number of nitrogens with zero attached hydrogens (tertiary/aromatic N) is 1. The minimum absolute atomic E-state index is 0.147. The fourth-order valence-corrected chi connectivity index (χ4v) is 2.40. The van der Waals surface area contributed by atoms with Crippen molar-refractivity contribution in [2.24, 2.45) is 5.92 Å². The lowest BCUT2D eigenvalue weighted by Crippen LogP contribution is -2.43. The Balaban J connectivity index is 2.21. The predicted octanol–water partition coefficient (Wildman–Crippen LogP) is 3.43. The van der Waals surface area contributed by atoms with Crippen LogP contribution in [0.3, 0.4) is 0 Å². The Morgan fingerprint density at radius 1 is 1.38 bits per heavy atom. The molecule has 1 rings (SSSR count). The van der Waals surface area contributed by atoms with Gasteiger partial charge >= 0.3 is 0 Å². The summed E-state index contributed by atoms with van der Waals surface area (Å²) in [5, 5.41) is 0.147. The van der Waals surface area contributed by atoms with Crippen LogP contribution in [0.5, 0.6) is 0 Å². The highest BCUT2D eigenvalue weighted by Crippen LogP contribution is 2.22. The summed E-state index contributed by atoms with van der Waals surface area (Å²) in [6.07, 6.45) is 6.43. The molecule has 1 fully saturated rings. The number of halogens is 1. The molecular weight excluding hydrogens is 222 g/mol. The number of carbonyl (C=O) groups excluding carboxylic acids is 1. The topological polar surface area (TPSA) is 20.3 Å². The average Bonchev–Trinajstić information content (AvgIpc) is 2.28. The first kappa shape index (κ1) is 13.8. The van der Waals surface area contributed by atoms with Crippen molar-refractivity contribution in [3.05, 3.63) is 0 Å². The van der Waals surface area contributed by atoms with Crippen LogP contribution in [-0.4, -0.2) is 29.3 Å². The molecule has 3 heteroatoms. The summed E-state index contributed by atoms with van der Waals surface area (Å²) >= 11 is 6.20. The summed E-state index contributed by atoms with van der Waals surface area (Å²) in [6, 6.07) is 0. The van der Waals surface area contributed by atoms with Crippen molar-refractivity contribution in [1.82, 2.24) is 4.90 Å². The van der Waals surface area contributed by atoms with Crippen molar-refractivity contribution in [3.63, 3.8) is 0 Å². The highest BCUT2D eigenvalue weighted by atomic mass is 35.5. The first-order chi connectivity index (χ1) is 7.65. The van der Waals surface area contributed by atoms with Crippen LogP contribution in [-0.2, 0) is 4.79 Å². The van der Waals surface area contributed by atoms with E-state index in [1.54, 1.807) is 0 Å². The molecule has 0 aliphatic carbocycles. The zero-order valence-electron chi connectivity index (χ0n) is 10.5. The van der Waals surface area contributed by atoms with Crippen LogP contribution in [0.1, 0.15) is 52.4 Å². The zero-order chi connectivity index (χ0) is 12.0. The number of hydrogen-bond acceptors (Lipinski definition) is 1. The number of alkyl halides is 1. The molecule has 1 saturated heterocycles. The molecule has 1 aliphatic heterocycles. The Hall–Kier alpha value is -0.240. The molecule has 0 radical (unpaired) electrons. The maximum atomic E-state index is 11.9. The zero-order valence-corrected chi connectivity index (χ0v) is 11.3. The van der Waals surface area contributed by atoms with Gasteiger partial charge in [-0.3, -0.25) is 4.79 Å². The second-order valence-corrected chi connectivity index (χ2v) is 5.49. The third-order valence-corrected chi connectivity index (χ3v) is 4.03. The van der Waals surface area contributed by atoms with Gasteiger partial charge in [-0.25, -0.2) is 0 Å². The summed E-state index contributed by atoms with van der Waals surface area (Å²) in [4.78, 5) is 13.8. The van der Waals surface area contributed by atoms with Crippen LogP contribution in [0.4, 0.5) is 0 Å². The minimum Gasteiger partial charge on any atom is -0.341 e. The third kappa shape index (κ3) is 4.32. The highest BCUT2D eigenvalue weighted by molar-refractivity contribution is 6.21. The summed E-state index contributed by atoms with van der Waals surface area (Å²) in [5.41, 5.74) is 0. The van der Waals surface area contributed by atoms with Gasteiger partial charge in [0.25, 0.3) is 0 Å². The lowest BCUT2D eigenvalue weighted by Gasteiger charge is -2.34. The van der Waals surface area contributed by atoms with Gasteiger partial charge < -0.3 is 4.90 Å². The van der Waals surface area contributed by atoms with E-state index >= 15 is 0 Å². The van der Waals surface area contributed by atoms with Crippen LogP contribution in [0.15, 0.2) is 0 Å². The minimum atomic E-state index is 0.147. The van der Waals surface area contributed by atoms with E-state index in [0.717, 1.165) is 25.9 Å². The maximum absolute atomic E-state index is 11.9. The Morgan fingerprint density at radius 3 is 2.75 bits per heavy atom. The standard InChI is InChI=1S/C13H24ClNO/c1-3-4-5-6-7-13(16)15-9-8-11(2)12(14)10-15/h11-12H,3-10H2,1-2H3. The molecule has 0 aromatic heterocycles. The predicted molar refractivity (Wildman–Crippen MR) is 68.8 cm³/mol. The number of carbonyl (C=O) groups is 1. The quantitative estimate of drug-likeness (QED) is 0.537. The summed E-state index contributed by atoms with van der Waals surface area (Å²) < 4.78 is 0. The molecule has 0 aromatic carbocycles. The fraction of sp³-hybridized carbons (Fsp3) is 0.923. The van der Waals surface area contributed by atoms with Gasteiger partial charge in [0.2, 0.25) is 5.91 Å². The molecular formula is C13H24ClNO. The molecule has 94 valence electrons. The van der Waals surface area contributed by atoms with Crippen molar-refractivity contribution in [2.45, 2.75) is 57.7 Å². The normalized spacial score (nSPS) is 25.8. The summed E-state index contributed by atoms with van der Waals surface area (Å²) in [5.74, 6) is 0.847. The molecule has 1 heterocycles. The van der Waals surface area contributed by atoms with Crippen LogP contribution in [0.25, 0.3) is 0 Å². The van der Waals surface area contributed by atoms with E-state index < -0.39 is 0 Å². The van der Waals surface area contributed by atoms with Crippen molar-refractivity contribution in [2.75, 3.05) is 13.1 Å². The molecule has 1 amide bonds. The Morgan fingerprint density at radius 2 is 2.12 bits per heavy atom. The van der Waals surface area contributed by atoms with E-state index in [1.807, 2.05) is 4.90 Å². The Bertz CT molecular complexity index is 220. The number of amides is 1. The van der Waals surface area contributed by atoms with Gasteiger partial charge in [-0.15, -0.1) is 11.6 Å². The molecule has 16 heavy (non-hydrogen) atoms. The second-order valence-electron chi connectivity index (χ2n) is 4.93. The summed E-state index contributed by atoms with van der Waals surface area (Å²) in [6.45, 7) is 6.00. The summed E-state index contributed by atoms with van der Waals surface area (Å²) in [7, 11) is 0. The lowest BCUT2D eigenvalue weighted by molar-refractivity contribution is -0.132. The van der Waals surface area contributed by atoms with Crippen molar-refractivity contribution in [1.29, 1.82) is 0 Å². The van der Waals surface area contributed by atoms with Gasteiger partial charge in [-0.2, -0.15) is 0 Å². The van der Waals surface area contributed by atoms with Gasteiger partial charge in [-0.05, 0) is 18.8 Å². The number of rotatable bonds is 5. The molecule has 0 spiro atoms. The molecule has 0 aromatic rings. The van der Waals surface area contributed by atoms with E-state index in [9.17, 15) is 4.79 Å². The number of unbranched alkanes of at least 4 members (excludes halogenated alkanes) is 3. The molecule has 1 aliphatic rings. The molecule has 0 bridgehead atoms. The van der Waals surface area contributed by atoms with Gasteiger partial charge in [0.05, 0.1) is 5.38 Å². The van der Waals surface area contributed by atoms with E-state index in [4.69, 9.17) is 11.6 Å². The van der Waals surface area contributed by atoms with Gasteiger partial charge in [-0.1, -0.05) is 33.1 Å². The smallest absolute Gasteiger partial charge is 0.222 e. The molecule has 2 unspecified atom stereocenters. The van der Waals surface area contributed by atoms with Gasteiger partial charge in [0, 0.05) is 19.5 Å². The largest absolute Gasteiger partial charge is 0.341 e. The Kier molecular flexibility index (Phi) is 6.18. The number of hydrogen-bond donors (Lipinski definition) is 0. The Labute approximate surface area is 104 Å². The number of likely N-dealkylation sites (tertiary alicyclic amines) is 1. The SMILES string of the molecule is CCCCCCC(=O)N1CCC(C)C(Cl)C1. The average molecular weight is 246 g/mol. The monoisotopic (exact) mass is 245 g/mol. The molecule has 0 saturated carbocycles. The van der Waals surface area contributed by atoms with Gasteiger partial charge in [0.15, 0.2) is 0 Å². The van der Waals surface area contributed by atoms with E-state index in [0.29, 0.717) is 18.2 Å². The van der Waals surface area contributed by atoms with Crippen LogP contribution in [0.2, 0.25) is 0 Å². The van der Waals surface area contributed by atoms with E-state index in [-0.39, 0.29) is 5.38 Å². The third-order valence-electron chi connectivity index (χ3n) is 3.46. The second kappa shape index (κ2) is 7.16. The van der Waals surface area contributed by atoms with Gasteiger partial charge in [0.1, 0.15) is 0 Å². The van der Waals surface area contributed by atoms with Crippen LogP contribution in [0, 0.1) is 5.92 Å². The van der Waals surface area contributed by atoms with E-state index in [1.165, 1.54) is 19.3 Å². The molecule has 2 nitrogen and oxygen atoms in total. The highest BCUT2D eigenvalue weighted by Gasteiger charge is 2.26. The van der Waals surface area contributed by atoms with Crippen molar-refractivity contribution < 1.29 is 4.79 Å². The van der Waals surface area contributed by atoms with Crippen LogP contribution >= 0.6 is 11.6 Å². The maximum Gasteiger partial charge on any atom is 0.222 e. The fourth-order valence-electron chi connectivity index (χ4n) is 2.11. The van der Waals surface area contributed by atoms with E-state index in [2.05, 4.69) is 13.8 Å². The first-order valence-electron chi connectivity index (χ1n) is 6.57. The molecule has 2 atom stereocenters. The molecule has 0 N–H and O–H groups in total. The first-order valence-corrected chi connectivity index (χ1v) is 7.00.